The molecule has 0 radical (unpaired) electrons. The van der Waals surface area contributed by atoms with Crippen molar-refractivity contribution in [2.75, 3.05) is 39.8 Å². The van der Waals surface area contributed by atoms with E-state index >= 15 is 0 Å². The first kappa shape index (κ1) is 18.9. The number of hydrogen-bond acceptors (Lipinski definition) is 5. The molecule has 2 rings (SSSR count). The maximum absolute atomic E-state index is 12.5. The van der Waals surface area contributed by atoms with Gasteiger partial charge in [-0.25, -0.2) is 0 Å². The zero-order chi connectivity index (χ0) is 18.2. The van der Waals surface area contributed by atoms with Crippen molar-refractivity contribution in [2.24, 2.45) is 0 Å². The van der Waals surface area contributed by atoms with Gasteiger partial charge in [0.2, 0.25) is 5.91 Å². The van der Waals surface area contributed by atoms with Crippen LogP contribution in [0.5, 0.6) is 0 Å². The maximum atomic E-state index is 12.5. The second-order valence-electron chi connectivity index (χ2n) is 6.36. The van der Waals surface area contributed by atoms with Crippen LogP contribution in [0.4, 0.5) is 0 Å². The molecule has 6 heteroatoms. The molecule has 0 saturated carbocycles. The fourth-order valence-electron chi connectivity index (χ4n) is 3.19. The molecule has 25 heavy (non-hydrogen) atoms. The maximum Gasteiger partial charge on any atom is 0.239 e. The quantitative estimate of drug-likeness (QED) is 0.787. The SMILES string of the molecule is C[C@@H](C(=O)N(C)CCC#N)N1CCN([C@H](C#N)c2ccccc2)CC1. The van der Waals surface area contributed by atoms with E-state index in [1.165, 1.54) is 0 Å². The summed E-state index contributed by atoms with van der Waals surface area (Å²) >= 11 is 0. The van der Waals surface area contributed by atoms with E-state index in [9.17, 15) is 10.1 Å². The van der Waals surface area contributed by atoms with Gasteiger partial charge in [-0.2, -0.15) is 10.5 Å². The molecule has 2 atom stereocenters. The minimum atomic E-state index is -0.243. The van der Waals surface area contributed by atoms with E-state index < -0.39 is 0 Å². The van der Waals surface area contributed by atoms with Crippen LogP contribution in [0.15, 0.2) is 30.3 Å². The second-order valence-corrected chi connectivity index (χ2v) is 6.36. The molecule has 6 nitrogen and oxygen atoms in total. The Morgan fingerprint density at radius 3 is 2.32 bits per heavy atom. The third-order valence-electron chi connectivity index (χ3n) is 4.79. The normalized spacial score (nSPS) is 17.9. The molecule has 0 unspecified atom stereocenters. The fraction of sp³-hybridized carbons (Fsp3) is 0.526. The highest BCUT2D eigenvalue weighted by molar-refractivity contribution is 5.81. The Labute approximate surface area is 149 Å². The molecule has 0 bridgehead atoms. The Kier molecular flexibility index (Phi) is 6.94. The van der Waals surface area contributed by atoms with Gasteiger partial charge in [-0.3, -0.25) is 14.6 Å². The van der Waals surface area contributed by atoms with Crippen LogP contribution in [0.3, 0.4) is 0 Å². The summed E-state index contributed by atoms with van der Waals surface area (Å²) in [4.78, 5) is 18.4. The van der Waals surface area contributed by atoms with E-state index in [0.717, 1.165) is 31.7 Å². The number of piperazine rings is 1. The van der Waals surface area contributed by atoms with Gasteiger partial charge in [-0.1, -0.05) is 30.3 Å². The largest absolute Gasteiger partial charge is 0.343 e. The summed E-state index contributed by atoms with van der Waals surface area (Å²) in [6.07, 6.45) is 0.351. The predicted molar refractivity (Wildman–Crippen MR) is 95.3 cm³/mol. The number of nitrogens with zero attached hydrogens (tertiary/aromatic N) is 5. The van der Waals surface area contributed by atoms with Crippen molar-refractivity contribution < 1.29 is 4.79 Å². The van der Waals surface area contributed by atoms with Crippen molar-refractivity contribution in [1.29, 1.82) is 10.5 Å². The molecule has 0 N–H and O–H groups in total. The first-order valence-corrected chi connectivity index (χ1v) is 8.63. The lowest BCUT2D eigenvalue weighted by Gasteiger charge is -2.40. The minimum absolute atomic E-state index is 0.0450. The number of nitriles is 2. The number of carbonyl (C=O) groups excluding carboxylic acids is 1. The van der Waals surface area contributed by atoms with Gasteiger partial charge in [-0.05, 0) is 12.5 Å². The average molecular weight is 339 g/mol. The van der Waals surface area contributed by atoms with Gasteiger partial charge in [-0.15, -0.1) is 0 Å². The molecule has 132 valence electrons. The molecule has 1 aromatic rings. The van der Waals surface area contributed by atoms with Crippen molar-refractivity contribution in [3.8, 4) is 12.1 Å². The number of likely N-dealkylation sites (N-methyl/N-ethyl adjacent to an activating group) is 1. The van der Waals surface area contributed by atoms with E-state index in [-0.39, 0.29) is 18.0 Å². The van der Waals surface area contributed by atoms with Crippen LogP contribution in [0.25, 0.3) is 0 Å². The predicted octanol–water partition coefficient (Wildman–Crippen LogP) is 1.63. The van der Waals surface area contributed by atoms with Crippen LogP contribution < -0.4 is 0 Å². The van der Waals surface area contributed by atoms with Gasteiger partial charge in [0.1, 0.15) is 6.04 Å². The number of rotatable bonds is 6. The van der Waals surface area contributed by atoms with Gasteiger partial charge < -0.3 is 4.90 Å². The Bertz CT molecular complexity index is 640. The standard InChI is InChI=1S/C19H25N5O/c1-16(19(25)22(2)10-6-9-20)23-11-13-24(14-12-23)18(15-21)17-7-4-3-5-8-17/h3-5,7-8,16,18H,6,10-14H2,1-2H3/t16-,18+/m0/s1. The molecule has 1 fully saturated rings. The first-order valence-electron chi connectivity index (χ1n) is 8.63. The summed E-state index contributed by atoms with van der Waals surface area (Å²) in [5, 5.41) is 18.2. The highest BCUT2D eigenvalue weighted by Crippen LogP contribution is 2.22. The summed E-state index contributed by atoms with van der Waals surface area (Å²) in [7, 11) is 1.74. The molecular formula is C19H25N5O. The van der Waals surface area contributed by atoms with Crippen LogP contribution >= 0.6 is 0 Å². The Morgan fingerprint density at radius 1 is 1.16 bits per heavy atom. The van der Waals surface area contributed by atoms with E-state index in [2.05, 4.69) is 21.9 Å². The molecular weight excluding hydrogens is 314 g/mol. The van der Waals surface area contributed by atoms with Crippen LogP contribution in [-0.4, -0.2) is 66.4 Å². The zero-order valence-electron chi connectivity index (χ0n) is 14.9. The van der Waals surface area contributed by atoms with Gasteiger partial charge >= 0.3 is 0 Å². The van der Waals surface area contributed by atoms with Crippen LogP contribution in [0.2, 0.25) is 0 Å². The monoisotopic (exact) mass is 339 g/mol. The average Bonchev–Trinajstić information content (AvgIpc) is 2.67. The highest BCUT2D eigenvalue weighted by atomic mass is 16.2. The third kappa shape index (κ3) is 4.79. The van der Waals surface area contributed by atoms with Crippen molar-refractivity contribution >= 4 is 5.91 Å². The molecule has 0 spiro atoms. The molecule has 1 aliphatic heterocycles. The summed E-state index contributed by atoms with van der Waals surface area (Å²) in [5.74, 6) is 0.0450. The van der Waals surface area contributed by atoms with Crippen LogP contribution in [0, 0.1) is 22.7 Å². The molecule has 1 saturated heterocycles. The van der Waals surface area contributed by atoms with E-state index in [1.807, 2.05) is 37.3 Å². The summed E-state index contributed by atoms with van der Waals surface area (Å²) in [6.45, 7) is 5.40. The third-order valence-corrected chi connectivity index (χ3v) is 4.79. The lowest BCUT2D eigenvalue weighted by atomic mass is 10.1. The Hall–Kier alpha value is -2.41. The Morgan fingerprint density at radius 2 is 1.76 bits per heavy atom. The molecule has 1 heterocycles. The first-order chi connectivity index (χ1) is 12.1. The zero-order valence-corrected chi connectivity index (χ0v) is 14.9. The van der Waals surface area contributed by atoms with E-state index in [0.29, 0.717) is 13.0 Å². The lowest BCUT2D eigenvalue weighted by Crippen LogP contribution is -2.54. The van der Waals surface area contributed by atoms with Gasteiger partial charge in [0, 0.05) is 39.8 Å². The number of benzene rings is 1. The van der Waals surface area contributed by atoms with E-state index in [1.54, 1.807) is 11.9 Å². The minimum Gasteiger partial charge on any atom is -0.343 e. The van der Waals surface area contributed by atoms with Crippen LogP contribution in [-0.2, 0) is 4.79 Å². The van der Waals surface area contributed by atoms with Crippen molar-refractivity contribution in [3.63, 3.8) is 0 Å². The fourth-order valence-corrected chi connectivity index (χ4v) is 3.19. The van der Waals surface area contributed by atoms with Crippen molar-refractivity contribution in [2.45, 2.75) is 25.4 Å². The molecule has 1 aromatic carbocycles. The van der Waals surface area contributed by atoms with E-state index in [4.69, 9.17) is 5.26 Å². The molecule has 0 aliphatic carbocycles. The number of amides is 1. The molecule has 1 aliphatic rings. The number of carbonyl (C=O) groups is 1. The smallest absolute Gasteiger partial charge is 0.239 e. The summed E-state index contributed by atoms with van der Waals surface area (Å²) in [6, 6.07) is 13.8. The van der Waals surface area contributed by atoms with Gasteiger partial charge in [0.05, 0.1) is 24.6 Å². The lowest BCUT2D eigenvalue weighted by molar-refractivity contribution is -0.135. The number of hydrogen-bond donors (Lipinski definition) is 0. The highest BCUT2D eigenvalue weighted by Gasteiger charge is 2.30. The van der Waals surface area contributed by atoms with Crippen molar-refractivity contribution in [3.05, 3.63) is 35.9 Å². The molecule has 0 aromatic heterocycles. The van der Waals surface area contributed by atoms with Crippen molar-refractivity contribution in [1.82, 2.24) is 14.7 Å². The topological polar surface area (TPSA) is 74.4 Å². The summed E-state index contributed by atoms with van der Waals surface area (Å²) in [5.41, 5.74) is 1.01. The van der Waals surface area contributed by atoms with Gasteiger partial charge in [0.15, 0.2) is 0 Å². The second kappa shape index (κ2) is 9.17. The Balaban J connectivity index is 1.91. The summed E-state index contributed by atoms with van der Waals surface area (Å²) < 4.78 is 0. The van der Waals surface area contributed by atoms with Gasteiger partial charge in [0.25, 0.3) is 0 Å². The van der Waals surface area contributed by atoms with Crippen LogP contribution in [0.1, 0.15) is 24.9 Å². The molecule has 1 amide bonds.